The first-order valence-corrected chi connectivity index (χ1v) is 8.09. The molecule has 0 unspecified atom stereocenters. The number of amides is 1. The zero-order valence-electron chi connectivity index (χ0n) is 14.0. The Morgan fingerprint density at radius 1 is 1.08 bits per heavy atom. The van der Waals surface area contributed by atoms with Gasteiger partial charge in [0.05, 0.1) is 11.9 Å². The van der Waals surface area contributed by atoms with Crippen LogP contribution in [0.2, 0.25) is 0 Å². The van der Waals surface area contributed by atoms with Crippen LogP contribution in [0.15, 0.2) is 30.9 Å². The minimum Gasteiger partial charge on any atom is -0.330 e. The highest BCUT2D eigenvalue weighted by atomic mass is 16.2. The van der Waals surface area contributed by atoms with Gasteiger partial charge >= 0.3 is 0 Å². The summed E-state index contributed by atoms with van der Waals surface area (Å²) in [4.78, 5) is 27.8. The number of carbonyl (C=O) groups excluding carboxylic acids is 1. The molecule has 0 bridgehead atoms. The molecule has 0 atom stereocenters. The van der Waals surface area contributed by atoms with Crippen molar-refractivity contribution in [1.29, 1.82) is 0 Å². The number of hydrogen-bond acceptors (Lipinski definition) is 4. The number of fused-ring (bicyclic) bond motifs is 2. The lowest BCUT2D eigenvalue weighted by molar-refractivity contribution is 0.0751. The van der Waals surface area contributed by atoms with Gasteiger partial charge in [-0.25, -0.2) is 9.97 Å². The molecule has 0 aromatic carbocycles. The smallest absolute Gasteiger partial charge is 0.256 e. The van der Waals surface area contributed by atoms with Gasteiger partial charge in [0.1, 0.15) is 5.52 Å². The van der Waals surface area contributed by atoms with Gasteiger partial charge in [-0.15, -0.1) is 0 Å². The zero-order valence-corrected chi connectivity index (χ0v) is 14.0. The average Bonchev–Trinajstić information content (AvgIpc) is 3.16. The Morgan fingerprint density at radius 3 is 2.67 bits per heavy atom. The lowest BCUT2D eigenvalue weighted by Crippen LogP contribution is -2.25. The Bertz CT molecular complexity index is 944. The number of nitrogens with zero attached hydrogens (tertiary/aromatic N) is 5. The van der Waals surface area contributed by atoms with Crippen LogP contribution in [-0.4, -0.2) is 30.3 Å². The third-order valence-electron chi connectivity index (χ3n) is 4.45. The van der Waals surface area contributed by atoms with Crippen LogP contribution >= 0.6 is 0 Å². The van der Waals surface area contributed by atoms with Crippen molar-refractivity contribution >= 4 is 17.1 Å². The maximum atomic E-state index is 12.8. The van der Waals surface area contributed by atoms with Crippen molar-refractivity contribution in [1.82, 2.24) is 24.4 Å². The molecule has 24 heavy (non-hydrogen) atoms. The summed E-state index contributed by atoms with van der Waals surface area (Å²) < 4.78 is 2.00. The summed E-state index contributed by atoms with van der Waals surface area (Å²) in [5.74, 6) is -0.0163. The Kier molecular flexibility index (Phi) is 3.33. The summed E-state index contributed by atoms with van der Waals surface area (Å²) in [5.41, 5.74) is 5.41. The molecule has 122 valence electrons. The van der Waals surface area contributed by atoms with Gasteiger partial charge in [0.2, 0.25) is 0 Å². The molecule has 0 radical (unpaired) electrons. The topological polar surface area (TPSA) is 63.9 Å². The van der Waals surface area contributed by atoms with Crippen molar-refractivity contribution in [2.24, 2.45) is 0 Å². The van der Waals surface area contributed by atoms with E-state index >= 15 is 0 Å². The zero-order chi connectivity index (χ0) is 16.8. The lowest BCUT2D eigenvalue weighted by atomic mass is 10.2. The molecule has 0 aliphatic carbocycles. The normalized spacial score (nSPS) is 13.8. The van der Waals surface area contributed by atoms with Crippen molar-refractivity contribution in [3.63, 3.8) is 0 Å². The fourth-order valence-electron chi connectivity index (χ4n) is 3.14. The number of rotatable bonds is 2. The maximum Gasteiger partial charge on any atom is 0.256 e. The summed E-state index contributed by atoms with van der Waals surface area (Å²) in [7, 11) is 0. The van der Waals surface area contributed by atoms with Crippen molar-refractivity contribution in [3.8, 4) is 0 Å². The monoisotopic (exact) mass is 321 g/mol. The quantitative estimate of drug-likeness (QED) is 0.728. The van der Waals surface area contributed by atoms with Gasteiger partial charge in [-0.3, -0.25) is 9.78 Å². The lowest BCUT2D eigenvalue weighted by Gasteiger charge is -2.15. The molecule has 1 amide bonds. The van der Waals surface area contributed by atoms with Gasteiger partial charge < -0.3 is 9.47 Å². The van der Waals surface area contributed by atoms with E-state index in [1.165, 1.54) is 5.56 Å². The first-order chi connectivity index (χ1) is 11.5. The van der Waals surface area contributed by atoms with Crippen LogP contribution in [0.25, 0.3) is 11.2 Å². The van der Waals surface area contributed by atoms with Crippen molar-refractivity contribution in [3.05, 3.63) is 53.2 Å². The van der Waals surface area contributed by atoms with Gasteiger partial charge in [0.15, 0.2) is 5.65 Å². The van der Waals surface area contributed by atoms with Crippen molar-refractivity contribution in [2.45, 2.75) is 39.9 Å². The van der Waals surface area contributed by atoms with Crippen LogP contribution in [0, 0.1) is 6.92 Å². The molecule has 0 saturated carbocycles. The number of pyridine rings is 2. The highest BCUT2D eigenvalue weighted by Gasteiger charge is 2.25. The second kappa shape index (κ2) is 5.40. The van der Waals surface area contributed by atoms with Gasteiger partial charge in [-0.1, -0.05) is 0 Å². The molecule has 0 spiro atoms. The second-order valence-corrected chi connectivity index (χ2v) is 6.57. The van der Waals surface area contributed by atoms with Crippen LogP contribution in [0.3, 0.4) is 0 Å². The number of aromatic nitrogens is 4. The molecule has 1 aliphatic rings. The summed E-state index contributed by atoms with van der Waals surface area (Å²) in [5, 5.41) is 0. The van der Waals surface area contributed by atoms with Gasteiger partial charge in [0.25, 0.3) is 5.91 Å². The average molecular weight is 321 g/mol. The molecule has 0 N–H and O–H groups in total. The van der Waals surface area contributed by atoms with E-state index in [-0.39, 0.29) is 11.9 Å². The number of imidazole rings is 1. The molecule has 4 heterocycles. The SMILES string of the molecule is Cc1cc2c(cn1)CN(C(=O)c1cnc3c(c1)ncn3C(C)C)C2. The Labute approximate surface area is 140 Å². The van der Waals surface area contributed by atoms with Gasteiger partial charge in [0, 0.05) is 37.2 Å². The first-order valence-electron chi connectivity index (χ1n) is 8.09. The summed E-state index contributed by atoms with van der Waals surface area (Å²) in [6.45, 7) is 7.35. The van der Waals surface area contributed by atoms with E-state index in [0.717, 1.165) is 22.4 Å². The minimum absolute atomic E-state index is 0.0163. The molecule has 0 saturated heterocycles. The summed E-state index contributed by atoms with van der Waals surface area (Å²) in [6, 6.07) is 4.16. The van der Waals surface area contributed by atoms with Crippen LogP contribution in [0.5, 0.6) is 0 Å². The molecule has 6 heteroatoms. The van der Waals surface area contributed by atoms with E-state index in [1.807, 2.05) is 34.7 Å². The predicted octanol–water partition coefficient (Wildman–Crippen LogP) is 2.87. The molecule has 6 nitrogen and oxygen atoms in total. The predicted molar refractivity (Wildman–Crippen MR) is 90.5 cm³/mol. The largest absolute Gasteiger partial charge is 0.330 e. The highest BCUT2D eigenvalue weighted by Crippen LogP contribution is 2.25. The Balaban J connectivity index is 1.62. The van der Waals surface area contributed by atoms with Crippen molar-refractivity contribution in [2.75, 3.05) is 0 Å². The van der Waals surface area contributed by atoms with E-state index in [9.17, 15) is 4.79 Å². The number of aryl methyl sites for hydroxylation is 1. The van der Waals surface area contributed by atoms with Crippen LogP contribution in [0.1, 0.15) is 47.1 Å². The Hall–Kier alpha value is -2.76. The molecule has 4 rings (SSSR count). The first kappa shape index (κ1) is 14.8. The van der Waals surface area contributed by atoms with Crippen LogP contribution in [-0.2, 0) is 13.1 Å². The van der Waals surface area contributed by atoms with E-state index in [1.54, 1.807) is 12.5 Å². The fourth-order valence-corrected chi connectivity index (χ4v) is 3.14. The molecular weight excluding hydrogens is 302 g/mol. The van der Waals surface area contributed by atoms with Gasteiger partial charge in [-0.2, -0.15) is 0 Å². The van der Waals surface area contributed by atoms with E-state index in [4.69, 9.17) is 0 Å². The number of carbonyl (C=O) groups is 1. The second-order valence-electron chi connectivity index (χ2n) is 6.57. The highest BCUT2D eigenvalue weighted by molar-refractivity contribution is 5.96. The van der Waals surface area contributed by atoms with E-state index in [2.05, 4.69) is 28.8 Å². The minimum atomic E-state index is -0.0163. The maximum absolute atomic E-state index is 12.8. The van der Waals surface area contributed by atoms with Crippen LogP contribution < -0.4 is 0 Å². The molecule has 0 fully saturated rings. The fraction of sp³-hybridized carbons (Fsp3) is 0.333. The molecule has 3 aromatic rings. The van der Waals surface area contributed by atoms with Gasteiger partial charge in [-0.05, 0) is 44.0 Å². The molecule has 1 aliphatic heterocycles. The van der Waals surface area contributed by atoms with E-state index in [0.29, 0.717) is 18.7 Å². The summed E-state index contributed by atoms with van der Waals surface area (Å²) >= 11 is 0. The third kappa shape index (κ3) is 2.35. The van der Waals surface area contributed by atoms with Crippen LogP contribution in [0.4, 0.5) is 0 Å². The number of hydrogen-bond donors (Lipinski definition) is 0. The third-order valence-corrected chi connectivity index (χ3v) is 4.45. The molecule has 3 aromatic heterocycles. The summed E-state index contributed by atoms with van der Waals surface area (Å²) in [6.07, 6.45) is 5.29. The Morgan fingerprint density at radius 2 is 1.88 bits per heavy atom. The molecular formula is C18H19N5O. The standard InChI is InChI=1S/C18H19N5O/c1-11(2)23-10-21-16-5-13(6-20-17(16)23)18(24)22-8-14-4-12(3)19-7-15(14)9-22/h4-7,10-11H,8-9H2,1-3H3. The van der Waals surface area contributed by atoms with Crippen molar-refractivity contribution < 1.29 is 4.79 Å². The van der Waals surface area contributed by atoms with E-state index < -0.39 is 0 Å².